The van der Waals surface area contributed by atoms with E-state index in [0.29, 0.717) is 17.1 Å². The van der Waals surface area contributed by atoms with Crippen LogP contribution in [0.25, 0.3) is 10.6 Å². The van der Waals surface area contributed by atoms with Crippen LogP contribution in [0.1, 0.15) is 0 Å². The lowest BCUT2D eigenvalue weighted by Crippen LogP contribution is -2.46. The normalized spacial score (nSPS) is 15.8. The van der Waals surface area contributed by atoms with Gasteiger partial charge in [-0.15, -0.1) is 16.6 Å². The Hall–Kier alpha value is -1.49. The number of rotatable bonds is 3. The van der Waals surface area contributed by atoms with Gasteiger partial charge in [0.05, 0.1) is 6.54 Å². The second kappa shape index (κ2) is 6.73. The van der Waals surface area contributed by atoms with Crippen LogP contribution in [0, 0.1) is 18.2 Å². The van der Waals surface area contributed by atoms with Crippen LogP contribution in [0.2, 0.25) is 0 Å². The van der Waals surface area contributed by atoms with E-state index in [1.54, 1.807) is 12.1 Å². The van der Waals surface area contributed by atoms with Crippen molar-refractivity contribution in [1.29, 1.82) is 0 Å². The molecule has 0 radical (unpaired) electrons. The van der Waals surface area contributed by atoms with Gasteiger partial charge in [0.2, 0.25) is 5.13 Å². The first-order chi connectivity index (χ1) is 10.7. The summed E-state index contributed by atoms with van der Waals surface area (Å²) in [5.74, 6) is 2.38. The third-order valence-electron chi connectivity index (χ3n) is 3.53. The molecule has 0 spiro atoms. The van der Waals surface area contributed by atoms with Gasteiger partial charge in [-0.2, -0.15) is 0 Å². The highest BCUT2D eigenvalue weighted by atomic mass is 79.9. The minimum absolute atomic E-state index is 0.287. The van der Waals surface area contributed by atoms with Gasteiger partial charge in [0.25, 0.3) is 0 Å². The summed E-state index contributed by atoms with van der Waals surface area (Å²) < 4.78 is 14.7. The summed E-state index contributed by atoms with van der Waals surface area (Å²) in [7, 11) is 0. The zero-order valence-corrected chi connectivity index (χ0v) is 14.2. The maximum Gasteiger partial charge on any atom is 0.208 e. The molecule has 0 bridgehead atoms. The van der Waals surface area contributed by atoms with Crippen LogP contribution >= 0.6 is 27.3 Å². The third-order valence-corrected chi connectivity index (χ3v) is 5.04. The lowest BCUT2D eigenvalue weighted by molar-refractivity contribution is 0.288. The average Bonchev–Trinajstić information content (AvgIpc) is 3.00. The van der Waals surface area contributed by atoms with Crippen molar-refractivity contribution in [2.75, 3.05) is 37.6 Å². The van der Waals surface area contributed by atoms with Crippen LogP contribution in [0.4, 0.5) is 9.52 Å². The summed E-state index contributed by atoms with van der Waals surface area (Å²) in [6, 6.07) is 4.83. The molecule has 0 unspecified atom stereocenters. The number of piperazine rings is 1. The summed E-state index contributed by atoms with van der Waals surface area (Å²) in [6.07, 6.45) is 5.33. The SMILES string of the molecule is C#CCN1CCN(c2nnc(-c3cc(Br)ccc3F)s2)CC1. The highest BCUT2D eigenvalue weighted by Gasteiger charge is 2.20. The lowest BCUT2D eigenvalue weighted by Gasteiger charge is -2.33. The van der Waals surface area contributed by atoms with E-state index in [4.69, 9.17) is 6.42 Å². The Morgan fingerprint density at radius 1 is 1.27 bits per heavy atom. The number of aromatic nitrogens is 2. The predicted octanol–water partition coefficient (Wildman–Crippen LogP) is 2.86. The van der Waals surface area contributed by atoms with E-state index in [-0.39, 0.29) is 5.82 Å². The number of anilines is 1. The van der Waals surface area contributed by atoms with Crippen LogP contribution in [0.3, 0.4) is 0 Å². The lowest BCUT2D eigenvalue weighted by atomic mass is 10.2. The fourth-order valence-corrected chi connectivity index (χ4v) is 3.62. The van der Waals surface area contributed by atoms with Crippen molar-refractivity contribution in [3.05, 3.63) is 28.5 Å². The van der Waals surface area contributed by atoms with Crippen molar-refractivity contribution in [1.82, 2.24) is 15.1 Å². The number of benzene rings is 1. The Balaban J connectivity index is 1.75. The van der Waals surface area contributed by atoms with Crippen molar-refractivity contribution in [2.45, 2.75) is 0 Å². The van der Waals surface area contributed by atoms with E-state index in [0.717, 1.165) is 35.8 Å². The van der Waals surface area contributed by atoms with Gasteiger partial charge in [0.15, 0.2) is 5.01 Å². The maximum atomic E-state index is 13.9. The molecule has 7 heteroatoms. The van der Waals surface area contributed by atoms with Crippen LogP contribution in [-0.2, 0) is 0 Å². The molecule has 1 fully saturated rings. The van der Waals surface area contributed by atoms with Crippen LogP contribution in [-0.4, -0.2) is 47.8 Å². The van der Waals surface area contributed by atoms with Crippen LogP contribution in [0.15, 0.2) is 22.7 Å². The summed E-state index contributed by atoms with van der Waals surface area (Å²) in [4.78, 5) is 4.40. The van der Waals surface area contributed by atoms with E-state index >= 15 is 0 Å². The molecule has 0 N–H and O–H groups in total. The van der Waals surface area contributed by atoms with E-state index in [1.807, 2.05) is 0 Å². The summed E-state index contributed by atoms with van der Waals surface area (Å²) in [5, 5.41) is 9.78. The van der Waals surface area contributed by atoms with Crippen molar-refractivity contribution in [3.63, 3.8) is 0 Å². The standard InChI is InChI=1S/C15H14BrFN4S/c1-2-5-20-6-8-21(9-7-20)15-19-18-14(22-15)12-10-11(16)3-4-13(12)17/h1,3-4,10H,5-9H2. The van der Waals surface area contributed by atoms with E-state index < -0.39 is 0 Å². The minimum Gasteiger partial charge on any atom is -0.344 e. The summed E-state index contributed by atoms with van der Waals surface area (Å²) in [5.41, 5.74) is 0.476. The molecule has 1 saturated heterocycles. The van der Waals surface area contributed by atoms with Crippen molar-refractivity contribution < 1.29 is 4.39 Å². The van der Waals surface area contributed by atoms with Crippen LogP contribution < -0.4 is 4.90 Å². The fraction of sp³-hybridized carbons (Fsp3) is 0.333. The highest BCUT2D eigenvalue weighted by Crippen LogP contribution is 2.32. The number of nitrogens with zero attached hydrogens (tertiary/aromatic N) is 4. The van der Waals surface area contributed by atoms with Crippen molar-refractivity contribution in [3.8, 4) is 22.9 Å². The maximum absolute atomic E-state index is 13.9. The molecule has 22 heavy (non-hydrogen) atoms. The molecule has 2 heterocycles. The second-order valence-corrected chi connectivity index (χ2v) is 6.85. The quantitative estimate of drug-likeness (QED) is 0.766. The van der Waals surface area contributed by atoms with Gasteiger partial charge in [-0.3, -0.25) is 4.90 Å². The first-order valence-corrected chi connectivity index (χ1v) is 8.48. The topological polar surface area (TPSA) is 32.3 Å². The number of hydrogen-bond donors (Lipinski definition) is 0. The first-order valence-electron chi connectivity index (χ1n) is 6.87. The van der Waals surface area contributed by atoms with Gasteiger partial charge >= 0.3 is 0 Å². The molecule has 1 aliphatic rings. The smallest absolute Gasteiger partial charge is 0.208 e. The Morgan fingerprint density at radius 3 is 2.77 bits per heavy atom. The van der Waals surface area contributed by atoms with E-state index in [2.05, 4.69) is 41.8 Å². The van der Waals surface area contributed by atoms with Gasteiger partial charge in [0.1, 0.15) is 5.82 Å². The summed E-state index contributed by atoms with van der Waals surface area (Å²) >= 11 is 4.77. The molecule has 1 aromatic carbocycles. The molecule has 4 nitrogen and oxygen atoms in total. The molecule has 0 atom stereocenters. The Morgan fingerprint density at radius 2 is 2.05 bits per heavy atom. The molecular weight excluding hydrogens is 367 g/mol. The fourth-order valence-electron chi connectivity index (χ4n) is 2.34. The Bertz CT molecular complexity index is 704. The predicted molar refractivity (Wildman–Crippen MR) is 90.5 cm³/mol. The summed E-state index contributed by atoms with van der Waals surface area (Å²) in [6.45, 7) is 4.21. The number of halogens is 2. The Kier molecular flexibility index (Phi) is 4.71. The monoisotopic (exact) mass is 380 g/mol. The molecule has 2 aromatic rings. The zero-order chi connectivity index (χ0) is 15.5. The molecule has 1 aliphatic heterocycles. The van der Waals surface area contributed by atoms with E-state index in [9.17, 15) is 4.39 Å². The van der Waals surface area contributed by atoms with Crippen molar-refractivity contribution >= 4 is 32.4 Å². The molecule has 1 aromatic heterocycles. The van der Waals surface area contributed by atoms with Gasteiger partial charge in [-0.1, -0.05) is 33.2 Å². The van der Waals surface area contributed by atoms with Crippen LogP contribution in [0.5, 0.6) is 0 Å². The first kappa shape index (κ1) is 15.4. The van der Waals surface area contributed by atoms with Gasteiger partial charge in [-0.05, 0) is 18.2 Å². The average molecular weight is 381 g/mol. The van der Waals surface area contributed by atoms with Gasteiger partial charge in [0, 0.05) is 36.2 Å². The number of terminal acetylenes is 1. The van der Waals surface area contributed by atoms with Crippen molar-refractivity contribution in [2.24, 2.45) is 0 Å². The number of hydrogen-bond acceptors (Lipinski definition) is 5. The largest absolute Gasteiger partial charge is 0.344 e. The molecular formula is C15H14BrFN4S. The highest BCUT2D eigenvalue weighted by molar-refractivity contribution is 9.10. The third kappa shape index (κ3) is 3.29. The molecule has 0 saturated carbocycles. The van der Waals surface area contributed by atoms with Gasteiger partial charge in [-0.25, -0.2) is 4.39 Å². The molecule has 0 amide bonds. The molecule has 0 aliphatic carbocycles. The molecule has 114 valence electrons. The minimum atomic E-state index is -0.287. The molecule has 3 rings (SSSR count). The second-order valence-electron chi connectivity index (χ2n) is 4.98. The Labute approximate surface area is 141 Å². The van der Waals surface area contributed by atoms with Gasteiger partial charge < -0.3 is 4.90 Å². The van der Waals surface area contributed by atoms with E-state index in [1.165, 1.54) is 17.4 Å². The zero-order valence-electron chi connectivity index (χ0n) is 11.8.